The van der Waals surface area contributed by atoms with Crippen LogP contribution in [0.1, 0.15) is 28.2 Å². The van der Waals surface area contributed by atoms with Gasteiger partial charge in [0.25, 0.3) is 0 Å². The molecule has 2 aromatic carbocycles. The van der Waals surface area contributed by atoms with Crippen molar-refractivity contribution in [1.29, 1.82) is 0 Å². The first kappa shape index (κ1) is 12.9. The maximum atomic E-state index is 12.5. The molecule has 1 aliphatic rings. The minimum atomic E-state index is 0.0661. The van der Waals surface area contributed by atoms with Gasteiger partial charge in [0.2, 0.25) is 0 Å². The highest BCUT2D eigenvalue weighted by atomic mass is 16.5. The fraction of sp³-hybridized carbons (Fsp3) is 0.278. The largest absolute Gasteiger partial charge is 0.496 e. The standard InChI is InChI=1S/C18H18O2/c1-12-7-8-18(20-2)14(9-12)11-17(19)16-10-13-5-3-4-6-15(13)16/h3-9,16H,10-11H2,1-2H3. The summed E-state index contributed by atoms with van der Waals surface area (Å²) in [5, 5.41) is 0. The molecule has 2 nitrogen and oxygen atoms in total. The maximum Gasteiger partial charge on any atom is 0.145 e. The molecule has 0 N–H and O–H groups in total. The maximum absolute atomic E-state index is 12.5. The van der Waals surface area contributed by atoms with Crippen LogP contribution in [0.5, 0.6) is 5.75 Å². The van der Waals surface area contributed by atoms with Crippen LogP contribution < -0.4 is 4.74 Å². The number of carbonyl (C=O) groups excluding carboxylic acids is 1. The van der Waals surface area contributed by atoms with E-state index < -0.39 is 0 Å². The van der Waals surface area contributed by atoms with Crippen molar-refractivity contribution in [1.82, 2.24) is 0 Å². The topological polar surface area (TPSA) is 26.3 Å². The number of carbonyl (C=O) groups is 1. The molecule has 2 heteroatoms. The lowest BCUT2D eigenvalue weighted by molar-refractivity contribution is -0.120. The summed E-state index contributed by atoms with van der Waals surface area (Å²) >= 11 is 0. The van der Waals surface area contributed by atoms with Gasteiger partial charge < -0.3 is 4.74 Å². The van der Waals surface area contributed by atoms with Crippen molar-refractivity contribution >= 4 is 5.78 Å². The van der Waals surface area contributed by atoms with Crippen LogP contribution >= 0.6 is 0 Å². The van der Waals surface area contributed by atoms with Gasteiger partial charge in [-0.15, -0.1) is 0 Å². The van der Waals surface area contributed by atoms with Crippen LogP contribution in [0.15, 0.2) is 42.5 Å². The van der Waals surface area contributed by atoms with E-state index in [1.54, 1.807) is 7.11 Å². The molecule has 1 aliphatic carbocycles. The second-order valence-corrected chi connectivity index (χ2v) is 5.41. The number of benzene rings is 2. The third-order valence-corrected chi connectivity index (χ3v) is 4.04. The van der Waals surface area contributed by atoms with Crippen LogP contribution in [-0.4, -0.2) is 12.9 Å². The summed E-state index contributed by atoms with van der Waals surface area (Å²) in [4.78, 5) is 12.5. The molecule has 0 saturated carbocycles. The van der Waals surface area contributed by atoms with E-state index in [2.05, 4.69) is 12.1 Å². The first-order valence-corrected chi connectivity index (χ1v) is 6.93. The highest BCUT2D eigenvalue weighted by molar-refractivity contribution is 5.90. The fourth-order valence-corrected chi connectivity index (χ4v) is 2.90. The average molecular weight is 266 g/mol. The first-order valence-electron chi connectivity index (χ1n) is 6.93. The molecule has 3 rings (SSSR count). The van der Waals surface area contributed by atoms with Gasteiger partial charge in [0, 0.05) is 17.9 Å². The molecule has 0 aromatic heterocycles. The summed E-state index contributed by atoms with van der Waals surface area (Å²) in [7, 11) is 1.65. The second kappa shape index (κ2) is 5.12. The zero-order valence-electron chi connectivity index (χ0n) is 11.8. The summed E-state index contributed by atoms with van der Waals surface area (Å²) in [6, 6.07) is 14.2. The van der Waals surface area contributed by atoms with E-state index in [4.69, 9.17) is 4.74 Å². The average Bonchev–Trinajstić information content (AvgIpc) is 2.40. The molecule has 0 spiro atoms. The van der Waals surface area contributed by atoms with Gasteiger partial charge >= 0.3 is 0 Å². The zero-order chi connectivity index (χ0) is 14.1. The third kappa shape index (κ3) is 2.22. The van der Waals surface area contributed by atoms with Gasteiger partial charge in [0.05, 0.1) is 7.11 Å². The minimum Gasteiger partial charge on any atom is -0.496 e. The van der Waals surface area contributed by atoms with Crippen LogP contribution in [0.4, 0.5) is 0 Å². The van der Waals surface area contributed by atoms with Crippen molar-refractivity contribution in [3.8, 4) is 5.75 Å². The SMILES string of the molecule is COc1ccc(C)cc1CC(=O)C1Cc2ccccc21. The predicted octanol–water partition coefficient (Wildman–Crippen LogP) is 3.46. The van der Waals surface area contributed by atoms with E-state index in [-0.39, 0.29) is 11.7 Å². The molecular formula is C18H18O2. The van der Waals surface area contributed by atoms with Gasteiger partial charge in [0.1, 0.15) is 11.5 Å². The van der Waals surface area contributed by atoms with Crippen LogP contribution in [0.3, 0.4) is 0 Å². The molecule has 0 radical (unpaired) electrons. The number of aryl methyl sites for hydroxylation is 1. The molecule has 0 amide bonds. The first-order chi connectivity index (χ1) is 9.69. The fourth-order valence-electron chi connectivity index (χ4n) is 2.90. The molecule has 0 saturated heterocycles. The number of ketones is 1. The van der Waals surface area contributed by atoms with Gasteiger partial charge in [-0.3, -0.25) is 4.79 Å². The lowest BCUT2D eigenvalue weighted by Crippen LogP contribution is -2.26. The Bertz CT molecular complexity index is 658. The van der Waals surface area contributed by atoms with E-state index in [1.165, 1.54) is 11.1 Å². The Morgan fingerprint density at radius 2 is 2.05 bits per heavy atom. The van der Waals surface area contributed by atoms with Crippen molar-refractivity contribution in [3.63, 3.8) is 0 Å². The number of fused-ring (bicyclic) bond motifs is 1. The highest BCUT2D eigenvalue weighted by Gasteiger charge is 2.31. The number of hydrogen-bond donors (Lipinski definition) is 0. The molecule has 0 bridgehead atoms. The van der Waals surface area contributed by atoms with Crippen molar-refractivity contribution in [2.45, 2.75) is 25.7 Å². The van der Waals surface area contributed by atoms with Crippen LogP contribution in [-0.2, 0) is 17.6 Å². The molecule has 0 heterocycles. The van der Waals surface area contributed by atoms with Crippen molar-refractivity contribution < 1.29 is 9.53 Å². The van der Waals surface area contributed by atoms with E-state index in [9.17, 15) is 4.79 Å². The highest BCUT2D eigenvalue weighted by Crippen LogP contribution is 2.36. The molecule has 102 valence electrons. The second-order valence-electron chi connectivity index (χ2n) is 5.41. The summed E-state index contributed by atoms with van der Waals surface area (Å²) in [6.45, 7) is 2.03. The van der Waals surface area contributed by atoms with Crippen molar-refractivity contribution in [2.24, 2.45) is 0 Å². The van der Waals surface area contributed by atoms with Crippen LogP contribution in [0.2, 0.25) is 0 Å². The molecule has 2 aromatic rings. The van der Waals surface area contributed by atoms with Crippen molar-refractivity contribution in [3.05, 3.63) is 64.7 Å². The lowest BCUT2D eigenvalue weighted by atomic mass is 9.74. The Labute approximate surface area is 119 Å². The number of Topliss-reactive ketones (excluding diaryl/α,β-unsaturated/α-hetero) is 1. The zero-order valence-corrected chi connectivity index (χ0v) is 11.8. The van der Waals surface area contributed by atoms with Gasteiger partial charge in [-0.25, -0.2) is 0 Å². The third-order valence-electron chi connectivity index (χ3n) is 4.04. The Morgan fingerprint density at radius 3 is 2.80 bits per heavy atom. The monoisotopic (exact) mass is 266 g/mol. The predicted molar refractivity (Wildman–Crippen MR) is 79.3 cm³/mol. The Hall–Kier alpha value is -2.09. The molecule has 1 unspecified atom stereocenters. The molecule has 0 aliphatic heterocycles. The Balaban J connectivity index is 1.80. The minimum absolute atomic E-state index is 0.0661. The summed E-state index contributed by atoms with van der Waals surface area (Å²) < 4.78 is 5.35. The molecule has 20 heavy (non-hydrogen) atoms. The molecular weight excluding hydrogens is 248 g/mol. The molecule has 1 atom stereocenters. The number of ether oxygens (including phenoxy) is 1. The van der Waals surface area contributed by atoms with E-state index in [0.717, 1.165) is 23.3 Å². The summed E-state index contributed by atoms with van der Waals surface area (Å²) in [5.41, 5.74) is 4.65. The Morgan fingerprint density at radius 1 is 1.25 bits per heavy atom. The van der Waals surface area contributed by atoms with Gasteiger partial charge in [-0.1, -0.05) is 42.0 Å². The summed E-state index contributed by atoms with van der Waals surface area (Å²) in [6.07, 6.45) is 1.33. The quantitative estimate of drug-likeness (QED) is 0.847. The number of methoxy groups -OCH3 is 1. The van der Waals surface area contributed by atoms with Gasteiger partial charge in [-0.05, 0) is 30.5 Å². The van der Waals surface area contributed by atoms with Crippen LogP contribution in [0, 0.1) is 6.92 Å². The lowest BCUT2D eigenvalue weighted by Gasteiger charge is -2.29. The number of rotatable bonds is 4. The van der Waals surface area contributed by atoms with E-state index >= 15 is 0 Å². The van der Waals surface area contributed by atoms with Gasteiger partial charge in [-0.2, -0.15) is 0 Å². The van der Waals surface area contributed by atoms with E-state index in [1.807, 2.05) is 37.3 Å². The smallest absolute Gasteiger partial charge is 0.145 e. The van der Waals surface area contributed by atoms with Gasteiger partial charge in [0.15, 0.2) is 0 Å². The number of hydrogen-bond acceptors (Lipinski definition) is 2. The molecule has 0 fully saturated rings. The summed E-state index contributed by atoms with van der Waals surface area (Å²) in [5.74, 6) is 1.15. The Kier molecular flexibility index (Phi) is 3.31. The van der Waals surface area contributed by atoms with Crippen LogP contribution in [0.25, 0.3) is 0 Å². The van der Waals surface area contributed by atoms with Crippen molar-refractivity contribution in [2.75, 3.05) is 7.11 Å². The van der Waals surface area contributed by atoms with E-state index in [0.29, 0.717) is 6.42 Å². The normalized spacial score (nSPS) is 16.2.